The molecule has 1 aromatic carbocycles. The lowest BCUT2D eigenvalue weighted by Gasteiger charge is -2.29. The van der Waals surface area contributed by atoms with Crippen molar-refractivity contribution in [2.45, 2.75) is 37.6 Å². The number of nitrogen functional groups attached to an aromatic ring is 1. The Morgan fingerprint density at radius 2 is 2.05 bits per heavy atom. The molecule has 1 saturated heterocycles. The predicted octanol–water partition coefficient (Wildman–Crippen LogP) is 3.12. The summed E-state index contributed by atoms with van der Waals surface area (Å²) in [6, 6.07) is 1.92. The van der Waals surface area contributed by atoms with Crippen LogP contribution in [0.3, 0.4) is 0 Å². The van der Waals surface area contributed by atoms with Gasteiger partial charge in [-0.05, 0) is 37.1 Å². The van der Waals surface area contributed by atoms with E-state index in [0.717, 1.165) is 25.5 Å². The van der Waals surface area contributed by atoms with Gasteiger partial charge in [0.15, 0.2) is 0 Å². The van der Waals surface area contributed by atoms with E-state index in [4.69, 9.17) is 17.3 Å². The van der Waals surface area contributed by atoms with E-state index in [2.05, 4.69) is 5.32 Å². The van der Waals surface area contributed by atoms with Crippen molar-refractivity contribution in [2.24, 2.45) is 0 Å². The van der Waals surface area contributed by atoms with Crippen LogP contribution in [-0.4, -0.2) is 17.7 Å². The summed E-state index contributed by atoms with van der Waals surface area (Å²) in [6.45, 7) is 0.747. The number of rotatable bonds is 2. The van der Waals surface area contributed by atoms with E-state index in [9.17, 15) is 18.3 Å². The summed E-state index contributed by atoms with van der Waals surface area (Å²) in [6.07, 6.45) is -2.98. The van der Waals surface area contributed by atoms with Crippen molar-refractivity contribution < 1.29 is 18.3 Å². The van der Waals surface area contributed by atoms with Gasteiger partial charge in [-0.15, -0.1) is 0 Å². The summed E-state index contributed by atoms with van der Waals surface area (Å²) in [5.74, 6) is 0. The molecule has 1 aromatic rings. The molecule has 0 aliphatic carbocycles. The zero-order valence-electron chi connectivity index (χ0n) is 10.7. The van der Waals surface area contributed by atoms with Crippen molar-refractivity contribution in [1.29, 1.82) is 0 Å². The molecule has 0 aromatic heterocycles. The molecule has 2 unspecified atom stereocenters. The van der Waals surface area contributed by atoms with Crippen molar-refractivity contribution in [2.75, 3.05) is 12.3 Å². The highest BCUT2D eigenvalue weighted by Gasteiger charge is 2.35. The quantitative estimate of drug-likeness (QED) is 0.736. The monoisotopic (exact) mass is 308 g/mol. The van der Waals surface area contributed by atoms with Crippen LogP contribution in [0.4, 0.5) is 18.9 Å². The van der Waals surface area contributed by atoms with Gasteiger partial charge in [0, 0.05) is 6.04 Å². The number of hydrogen-bond donors (Lipinski definition) is 3. The van der Waals surface area contributed by atoms with Gasteiger partial charge >= 0.3 is 6.18 Å². The summed E-state index contributed by atoms with van der Waals surface area (Å²) in [7, 11) is 0. The third-order valence-electron chi connectivity index (χ3n) is 3.53. The van der Waals surface area contributed by atoms with Crippen LogP contribution >= 0.6 is 11.6 Å². The molecule has 1 fully saturated rings. The summed E-state index contributed by atoms with van der Waals surface area (Å²) in [5, 5.41) is 13.1. The van der Waals surface area contributed by atoms with Gasteiger partial charge < -0.3 is 16.2 Å². The molecule has 0 amide bonds. The van der Waals surface area contributed by atoms with E-state index in [1.165, 1.54) is 6.07 Å². The molecule has 2 atom stereocenters. The largest absolute Gasteiger partial charge is 0.418 e. The lowest BCUT2D eigenvalue weighted by atomic mass is 9.93. The van der Waals surface area contributed by atoms with Crippen molar-refractivity contribution >= 4 is 17.3 Å². The standard InChI is InChI=1S/C13H16ClF3N2O/c14-9-6-7(5-8(11(9)18)13(15,16)17)12(20)10-3-1-2-4-19-10/h5-6,10,12,19-20H,1-4,18H2. The number of aliphatic hydroxyl groups is 1. The molecule has 0 spiro atoms. The summed E-state index contributed by atoms with van der Waals surface area (Å²) < 4.78 is 38.6. The molecule has 1 heterocycles. The Balaban J connectivity index is 2.34. The van der Waals surface area contributed by atoms with Crippen LogP contribution in [0.5, 0.6) is 0 Å². The minimum atomic E-state index is -4.59. The lowest BCUT2D eigenvalue weighted by molar-refractivity contribution is -0.137. The SMILES string of the molecule is Nc1c(Cl)cc(C(O)C2CCCCN2)cc1C(F)(F)F. The number of piperidine rings is 1. The third kappa shape index (κ3) is 3.19. The average Bonchev–Trinajstić information content (AvgIpc) is 2.40. The first-order valence-corrected chi connectivity index (χ1v) is 6.76. The molecule has 4 N–H and O–H groups in total. The number of halogens is 4. The van der Waals surface area contributed by atoms with Gasteiger partial charge in [-0.3, -0.25) is 0 Å². The number of hydrogen-bond acceptors (Lipinski definition) is 3. The highest BCUT2D eigenvalue weighted by atomic mass is 35.5. The van der Waals surface area contributed by atoms with Gasteiger partial charge in [0.05, 0.1) is 22.4 Å². The minimum absolute atomic E-state index is 0.135. The topological polar surface area (TPSA) is 58.3 Å². The fourth-order valence-electron chi connectivity index (χ4n) is 2.42. The van der Waals surface area contributed by atoms with Crippen LogP contribution in [0.25, 0.3) is 0 Å². The Labute approximate surface area is 119 Å². The minimum Gasteiger partial charge on any atom is -0.397 e. The number of nitrogens with one attached hydrogen (secondary N) is 1. The molecule has 7 heteroatoms. The molecule has 20 heavy (non-hydrogen) atoms. The number of alkyl halides is 3. The predicted molar refractivity (Wildman–Crippen MR) is 71.5 cm³/mol. The summed E-state index contributed by atoms with van der Waals surface area (Å²) in [4.78, 5) is 0. The number of benzene rings is 1. The van der Waals surface area contributed by atoms with Gasteiger partial charge in [0.2, 0.25) is 0 Å². The maximum absolute atomic E-state index is 12.9. The Hall–Kier alpha value is -0.980. The highest BCUT2D eigenvalue weighted by Crippen LogP contribution is 2.39. The Morgan fingerprint density at radius 1 is 1.35 bits per heavy atom. The first-order valence-electron chi connectivity index (χ1n) is 6.38. The molecular formula is C13H16ClF3N2O. The van der Waals surface area contributed by atoms with Crippen LogP contribution in [0.1, 0.15) is 36.5 Å². The molecular weight excluding hydrogens is 293 g/mol. The Kier molecular flexibility index (Phi) is 4.46. The molecule has 1 aliphatic heterocycles. The number of anilines is 1. The Morgan fingerprint density at radius 3 is 2.60 bits per heavy atom. The molecule has 3 nitrogen and oxygen atoms in total. The third-order valence-corrected chi connectivity index (χ3v) is 3.84. The molecule has 1 aliphatic rings. The zero-order valence-corrected chi connectivity index (χ0v) is 11.4. The molecule has 2 rings (SSSR count). The Bertz CT molecular complexity index is 487. The van der Waals surface area contributed by atoms with E-state index in [0.29, 0.717) is 6.42 Å². The molecule has 0 saturated carbocycles. The van der Waals surface area contributed by atoms with Gasteiger partial charge in [-0.25, -0.2) is 0 Å². The smallest absolute Gasteiger partial charge is 0.397 e. The van der Waals surface area contributed by atoms with Crippen molar-refractivity contribution in [3.05, 3.63) is 28.3 Å². The van der Waals surface area contributed by atoms with Crippen LogP contribution < -0.4 is 11.1 Å². The van der Waals surface area contributed by atoms with E-state index in [1.807, 2.05) is 0 Å². The zero-order chi connectivity index (χ0) is 14.9. The molecule has 112 valence electrons. The van der Waals surface area contributed by atoms with Crippen molar-refractivity contribution in [3.63, 3.8) is 0 Å². The second kappa shape index (κ2) is 5.79. The van der Waals surface area contributed by atoms with Crippen LogP contribution in [0, 0.1) is 0 Å². The molecule has 0 bridgehead atoms. The fourth-order valence-corrected chi connectivity index (χ4v) is 2.65. The lowest BCUT2D eigenvalue weighted by Crippen LogP contribution is -2.38. The first kappa shape index (κ1) is 15.4. The van der Waals surface area contributed by atoms with Gasteiger partial charge in [0.1, 0.15) is 0 Å². The summed E-state index contributed by atoms with van der Waals surface area (Å²) >= 11 is 5.75. The average molecular weight is 309 g/mol. The number of nitrogens with two attached hydrogens (primary N) is 1. The normalized spacial score (nSPS) is 21.8. The molecule has 0 radical (unpaired) electrons. The number of aliphatic hydroxyl groups excluding tert-OH is 1. The van der Waals surface area contributed by atoms with Gasteiger partial charge in [0.25, 0.3) is 0 Å². The van der Waals surface area contributed by atoms with Crippen LogP contribution in [-0.2, 0) is 6.18 Å². The van der Waals surface area contributed by atoms with Gasteiger partial charge in [-0.1, -0.05) is 18.0 Å². The second-order valence-corrected chi connectivity index (χ2v) is 5.37. The second-order valence-electron chi connectivity index (χ2n) is 4.96. The van der Waals surface area contributed by atoms with Crippen molar-refractivity contribution in [3.8, 4) is 0 Å². The van der Waals surface area contributed by atoms with Crippen molar-refractivity contribution in [1.82, 2.24) is 5.32 Å². The van der Waals surface area contributed by atoms with Crippen LogP contribution in [0.15, 0.2) is 12.1 Å². The first-order chi connectivity index (χ1) is 9.30. The van der Waals surface area contributed by atoms with E-state index in [-0.39, 0.29) is 16.6 Å². The highest BCUT2D eigenvalue weighted by molar-refractivity contribution is 6.33. The fraction of sp³-hybridized carbons (Fsp3) is 0.538. The summed E-state index contributed by atoms with van der Waals surface area (Å²) in [5.41, 5.74) is 3.99. The van der Waals surface area contributed by atoms with E-state index < -0.39 is 23.5 Å². The maximum Gasteiger partial charge on any atom is 0.418 e. The maximum atomic E-state index is 12.9. The van der Waals surface area contributed by atoms with E-state index >= 15 is 0 Å². The van der Waals surface area contributed by atoms with E-state index in [1.54, 1.807) is 0 Å². The van der Waals surface area contributed by atoms with Crippen LogP contribution in [0.2, 0.25) is 5.02 Å². The van der Waals surface area contributed by atoms with Gasteiger partial charge in [-0.2, -0.15) is 13.2 Å².